The average molecular weight is 529 g/mol. The van der Waals surface area contributed by atoms with Crippen molar-refractivity contribution in [3.05, 3.63) is 0 Å². The van der Waals surface area contributed by atoms with E-state index in [2.05, 4.69) is 17.6 Å². The summed E-state index contributed by atoms with van der Waals surface area (Å²) in [6.45, 7) is 7.48. The van der Waals surface area contributed by atoms with Crippen LogP contribution in [-0.2, 0) is 14.4 Å². The topological polar surface area (TPSA) is 95.5 Å². The van der Waals surface area contributed by atoms with E-state index in [4.69, 9.17) is 0 Å². The highest BCUT2D eigenvalue weighted by atomic mass is 32.2. The van der Waals surface area contributed by atoms with Gasteiger partial charge < -0.3 is 15.7 Å². The molecule has 0 spiro atoms. The third-order valence-electron chi connectivity index (χ3n) is 6.44. The summed E-state index contributed by atoms with van der Waals surface area (Å²) in [6, 6.07) is -1.64. The third kappa shape index (κ3) is 22.0. The van der Waals surface area contributed by atoms with Crippen LogP contribution in [0.3, 0.4) is 0 Å². The summed E-state index contributed by atoms with van der Waals surface area (Å²) in [6.07, 6.45) is 21.9. The van der Waals surface area contributed by atoms with Crippen LogP contribution in [0.15, 0.2) is 0 Å². The van der Waals surface area contributed by atoms with Crippen LogP contribution in [0.2, 0.25) is 0 Å². The van der Waals surface area contributed by atoms with Gasteiger partial charge in [0, 0.05) is 12.7 Å². The predicted octanol–water partition coefficient (Wildman–Crippen LogP) is 7.10. The second-order valence-electron chi connectivity index (χ2n) is 10.7. The Bertz CT molecular complexity index is 571. The third-order valence-corrected chi connectivity index (χ3v) is 7.59. The number of thioether (sulfide) groups is 1. The van der Waals surface area contributed by atoms with Crippen molar-refractivity contribution in [3.8, 4) is 0 Å². The Morgan fingerprint density at radius 3 is 1.53 bits per heavy atom. The molecule has 0 aromatic carbocycles. The second-order valence-corrected chi connectivity index (χ2v) is 11.8. The van der Waals surface area contributed by atoms with Crippen LogP contribution in [0.4, 0.5) is 0 Å². The molecule has 0 unspecified atom stereocenters. The first-order valence-electron chi connectivity index (χ1n) is 14.7. The molecule has 0 rings (SSSR count). The lowest BCUT2D eigenvalue weighted by molar-refractivity contribution is -0.142. The minimum Gasteiger partial charge on any atom is -0.480 e. The largest absolute Gasteiger partial charge is 0.480 e. The molecule has 3 N–H and O–H groups in total. The lowest BCUT2D eigenvalue weighted by Crippen LogP contribution is -2.52. The fourth-order valence-corrected chi connectivity index (χ4v) is 5.39. The zero-order valence-corrected chi connectivity index (χ0v) is 24.6. The lowest BCUT2D eigenvalue weighted by atomic mass is 10.0. The molecule has 0 aliphatic rings. The monoisotopic (exact) mass is 528 g/mol. The number of hydrogen-bond donors (Lipinski definition) is 3. The lowest BCUT2D eigenvalue weighted by Gasteiger charge is -2.21. The minimum absolute atomic E-state index is 0.148. The molecule has 0 saturated carbocycles. The summed E-state index contributed by atoms with van der Waals surface area (Å²) >= 11 is 1.64. The Balaban J connectivity index is 3.81. The summed E-state index contributed by atoms with van der Waals surface area (Å²) in [7, 11) is 0. The Morgan fingerprint density at radius 2 is 1.14 bits per heavy atom. The van der Waals surface area contributed by atoms with Crippen molar-refractivity contribution in [1.82, 2.24) is 10.6 Å². The van der Waals surface area contributed by atoms with Gasteiger partial charge >= 0.3 is 5.97 Å². The first-order valence-corrected chi connectivity index (χ1v) is 15.8. The van der Waals surface area contributed by atoms with Crippen molar-refractivity contribution in [1.29, 1.82) is 0 Å². The Morgan fingerprint density at radius 1 is 0.694 bits per heavy atom. The van der Waals surface area contributed by atoms with Gasteiger partial charge in [0.1, 0.15) is 12.1 Å². The van der Waals surface area contributed by atoms with E-state index in [1.807, 2.05) is 13.8 Å². The molecule has 212 valence electrons. The predicted molar refractivity (Wildman–Crippen MR) is 153 cm³/mol. The van der Waals surface area contributed by atoms with Crippen LogP contribution in [0.5, 0.6) is 0 Å². The number of carbonyl (C=O) groups excluding carboxylic acids is 2. The zero-order chi connectivity index (χ0) is 27.0. The molecule has 2 amide bonds. The smallest absolute Gasteiger partial charge is 0.326 e. The SMILES string of the molecule is CCCCCCCCCCCCCCCCCCSC[C@H](NC(C)=O)C(=O)N[C@@H](CC(C)C)C(=O)O. The van der Waals surface area contributed by atoms with Gasteiger partial charge in [-0.05, 0) is 24.5 Å². The van der Waals surface area contributed by atoms with E-state index in [1.165, 1.54) is 103 Å². The molecule has 7 heteroatoms. The normalized spacial score (nSPS) is 12.9. The maximum Gasteiger partial charge on any atom is 0.326 e. The van der Waals surface area contributed by atoms with Crippen LogP contribution in [0.1, 0.15) is 137 Å². The van der Waals surface area contributed by atoms with E-state index in [0.717, 1.165) is 12.2 Å². The van der Waals surface area contributed by atoms with E-state index >= 15 is 0 Å². The minimum atomic E-state index is -1.04. The van der Waals surface area contributed by atoms with E-state index in [9.17, 15) is 19.5 Å². The molecular formula is C29H56N2O4S. The van der Waals surface area contributed by atoms with E-state index < -0.39 is 24.0 Å². The van der Waals surface area contributed by atoms with Gasteiger partial charge in [-0.2, -0.15) is 11.8 Å². The fraction of sp³-hybridized carbons (Fsp3) is 0.897. The Hall–Kier alpha value is -1.24. The van der Waals surface area contributed by atoms with Crippen LogP contribution in [-0.4, -0.2) is 46.5 Å². The maximum absolute atomic E-state index is 12.6. The molecule has 2 atom stereocenters. The van der Waals surface area contributed by atoms with Gasteiger partial charge in [-0.1, -0.05) is 117 Å². The van der Waals surface area contributed by atoms with Crippen molar-refractivity contribution < 1.29 is 19.5 Å². The highest BCUT2D eigenvalue weighted by Gasteiger charge is 2.26. The molecule has 0 aliphatic heterocycles. The van der Waals surface area contributed by atoms with E-state index in [-0.39, 0.29) is 11.8 Å². The quantitative estimate of drug-likeness (QED) is 0.110. The van der Waals surface area contributed by atoms with Gasteiger partial charge in [-0.3, -0.25) is 9.59 Å². The molecular weight excluding hydrogens is 472 g/mol. The molecule has 6 nitrogen and oxygen atoms in total. The average Bonchev–Trinajstić information content (AvgIpc) is 2.81. The molecule has 0 bridgehead atoms. The van der Waals surface area contributed by atoms with Crippen molar-refractivity contribution in [3.63, 3.8) is 0 Å². The van der Waals surface area contributed by atoms with Gasteiger partial charge in [0.25, 0.3) is 0 Å². The van der Waals surface area contributed by atoms with Crippen LogP contribution in [0.25, 0.3) is 0 Å². The second kappa shape index (κ2) is 24.1. The number of amides is 2. The number of rotatable bonds is 25. The van der Waals surface area contributed by atoms with E-state index in [1.54, 1.807) is 11.8 Å². The van der Waals surface area contributed by atoms with Gasteiger partial charge in [0.05, 0.1) is 0 Å². The standard InChI is InChI=1S/C29H56N2O4S/c1-5-6-7-8-9-10-11-12-13-14-15-16-17-18-19-20-21-36-23-27(30-25(4)32)28(33)31-26(29(34)35)22-24(2)3/h24,26-27H,5-23H2,1-4H3,(H,30,32)(H,31,33)(H,34,35)/t26-,27-/m0/s1. The molecule has 36 heavy (non-hydrogen) atoms. The highest BCUT2D eigenvalue weighted by Crippen LogP contribution is 2.15. The summed E-state index contributed by atoms with van der Waals surface area (Å²) in [5.41, 5.74) is 0. The van der Waals surface area contributed by atoms with Gasteiger partial charge in [-0.15, -0.1) is 0 Å². The summed E-state index contributed by atoms with van der Waals surface area (Å²) in [5.74, 6) is -0.199. The number of hydrogen-bond acceptors (Lipinski definition) is 4. The first-order chi connectivity index (χ1) is 17.3. The van der Waals surface area contributed by atoms with Gasteiger partial charge in [-0.25, -0.2) is 4.79 Å². The molecule has 0 radical (unpaired) electrons. The molecule has 0 aromatic heterocycles. The van der Waals surface area contributed by atoms with Gasteiger partial charge in [0.15, 0.2) is 0 Å². The maximum atomic E-state index is 12.6. The van der Waals surface area contributed by atoms with Crippen LogP contribution >= 0.6 is 11.8 Å². The molecule has 0 heterocycles. The number of carboxylic acids is 1. The fourth-order valence-electron chi connectivity index (χ4n) is 4.35. The first kappa shape index (κ1) is 34.8. The van der Waals surface area contributed by atoms with Crippen LogP contribution < -0.4 is 10.6 Å². The molecule has 0 aromatic rings. The van der Waals surface area contributed by atoms with Crippen molar-refractivity contribution in [2.24, 2.45) is 5.92 Å². The van der Waals surface area contributed by atoms with Crippen molar-refractivity contribution in [2.75, 3.05) is 11.5 Å². The summed E-state index contributed by atoms with van der Waals surface area (Å²) < 4.78 is 0. The number of carboxylic acid groups (broad SMARTS) is 1. The van der Waals surface area contributed by atoms with Crippen LogP contribution in [0, 0.1) is 5.92 Å². The number of nitrogens with one attached hydrogen (secondary N) is 2. The highest BCUT2D eigenvalue weighted by molar-refractivity contribution is 7.99. The zero-order valence-electron chi connectivity index (χ0n) is 23.7. The summed E-state index contributed by atoms with van der Waals surface area (Å²) in [5, 5.41) is 14.6. The number of carbonyl (C=O) groups is 3. The van der Waals surface area contributed by atoms with Crippen molar-refractivity contribution in [2.45, 2.75) is 149 Å². The number of unbranched alkanes of at least 4 members (excludes halogenated alkanes) is 15. The molecule has 0 saturated heterocycles. The number of aliphatic carboxylic acids is 1. The Kier molecular flexibility index (Phi) is 23.3. The summed E-state index contributed by atoms with van der Waals surface area (Å²) in [4.78, 5) is 35.6. The van der Waals surface area contributed by atoms with Crippen molar-refractivity contribution >= 4 is 29.5 Å². The Labute approximate surface area is 225 Å². The molecule has 0 fully saturated rings. The van der Waals surface area contributed by atoms with Gasteiger partial charge in [0.2, 0.25) is 11.8 Å². The van der Waals surface area contributed by atoms with E-state index in [0.29, 0.717) is 12.2 Å². The molecule has 0 aliphatic carbocycles.